The first-order valence-corrected chi connectivity index (χ1v) is 6.61. The van der Waals surface area contributed by atoms with Crippen LogP contribution < -0.4 is 0 Å². The van der Waals surface area contributed by atoms with Crippen molar-refractivity contribution >= 4 is 0 Å². The zero-order valence-corrected chi connectivity index (χ0v) is 10.9. The Kier molecular flexibility index (Phi) is 6.91. The molecule has 0 saturated heterocycles. The van der Waals surface area contributed by atoms with Crippen LogP contribution >= 0.6 is 0 Å². The molecule has 2 atom stereocenters. The summed E-state index contributed by atoms with van der Waals surface area (Å²) in [5.41, 5.74) is 0. The molecule has 96 valence electrons. The normalized spacial score (nSPS) is 21.2. The van der Waals surface area contributed by atoms with Crippen molar-refractivity contribution in [1.29, 1.82) is 5.26 Å². The first kappa shape index (κ1) is 14.2. The Balaban J connectivity index is 2.34. The molecule has 17 heavy (non-hydrogen) atoms. The predicted molar refractivity (Wildman–Crippen MR) is 67.3 cm³/mol. The van der Waals surface area contributed by atoms with Gasteiger partial charge in [0.25, 0.3) is 0 Å². The molecule has 1 rings (SSSR count). The zero-order valence-electron chi connectivity index (χ0n) is 10.9. The number of hydrogen-bond acceptors (Lipinski definition) is 3. The molecule has 1 fully saturated rings. The fourth-order valence-electron chi connectivity index (χ4n) is 2.18. The Labute approximate surface area is 104 Å². The van der Waals surface area contributed by atoms with Crippen LogP contribution in [0.25, 0.3) is 0 Å². The Hall–Kier alpha value is -0.850. The molecule has 3 nitrogen and oxygen atoms in total. The molecule has 1 saturated carbocycles. The molecule has 3 heteroatoms. The van der Waals surface area contributed by atoms with Gasteiger partial charge in [0.15, 0.2) is 12.4 Å². The van der Waals surface area contributed by atoms with Crippen LogP contribution in [0.5, 0.6) is 0 Å². The molecule has 0 spiro atoms. The second-order valence-corrected chi connectivity index (χ2v) is 4.49. The Morgan fingerprint density at radius 2 is 2.06 bits per heavy atom. The topological polar surface area (TPSA) is 42.2 Å². The number of ether oxygens (including phenoxy) is 2. The highest BCUT2D eigenvalue weighted by Gasteiger charge is 2.13. The van der Waals surface area contributed by atoms with E-state index in [9.17, 15) is 0 Å². The van der Waals surface area contributed by atoms with Gasteiger partial charge in [-0.1, -0.05) is 25.3 Å². The minimum atomic E-state index is -0.488. The second kappa shape index (κ2) is 8.27. The smallest absolute Gasteiger partial charge is 0.165 e. The van der Waals surface area contributed by atoms with Crippen LogP contribution in [0.2, 0.25) is 0 Å². The molecule has 1 aliphatic rings. The predicted octanol–water partition coefficient (Wildman–Crippen LogP) is 3.41. The van der Waals surface area contributed by atoms with Crippen molar-refractivity contribution in [2.24, 2.45) is 5.92 Å². The van der Waals surface area contributed by atoms with Gasteiger partial charge in [-0.15, -0.1) is 0 Å². The van der Waals surface area contributed by atoms with Gasteiger partial charge in [0.1, 0.15) is 0 Å². The summed E-state index contributed by atoms with van der Waals surface area (Å²) < 4.78 is 10.7. The highest BCUT2D eigenvalue weighted by atomic mass is 16.7. The molecule has 0 aromatic carbocycles. The van der Waals surface area contributed by atoms with Crippen LogP contribution in [0.1, 0.15) is 46.0 Å². The van der Waals surface area contributed by atoms with Gasteiger partial charge < -0.3 is 9.47 Å². The molecular formula is C14H23NO2. The van der Waals surface area contributed by atoms with E-state index in [1.807, 2.05) is 19.9 Å². The minimum absolute atomic E-state index is 0.319. The van der Waals surface area contributed by atoms with Crippen molar-refractivity contribution in [2.45, 2.75) is 58.3 Å². The average Bonchev–Trinajstić information content (AvgIpc) is 2.36. The zero-order chi connectivity index (χ0) is 12.5. The van der Waals surface area contributed by atoms with Crippen LogP contribution in [0.15, 0.2) is 12.2 Å². The molecule has 0 amide bonds. The Morgan fingerprint density at radius 3 is 2.65 bits per heavy atom. The van der Waals surface area contributed by atoms with Crippen LogP contribution in [0, 0.1) is 17.2 Å². The SMILES string of the molecule is CCOC(C)OC(C#N)/C=C/C1CCCCC1. The number of hydrogen-bond donors (Lipinski definition) is 0. The van der Waals surface area contributed by atoms with Gasteiger partial charge in [-0.25, -0.2) is 0 Å². The summed E-state index contributed by atoms with van der Waals surface area (Å²) in [6.45, 7) is 4.34. The number of rotatable bonds is 6. The van der Waals surface area contributed by atoms with Crippen molar-refractivity contribution in [3.05, 3.63) is 12.2 Å². The first-order chi connectivity index (χ1) is 8.26. The van der Waals surface area contributed by atoms with E-state index < -0.39 is 6.10 Å². The molecule has 2 unspecified atom stereocenters. The maximum atomic E-state index is 8.99. The van der Waals surface area contributed by atoms with Crippen molar-refractivity contribution in [3.8, 4) is 6.07 Å². The van der Waals surface area contributed by atoms with Gasteiger partial charge >= 0.3 is 0 Å². The highest BCUT2D eigenvalue weighted by Crippen LogP contribution is 2.24. The van der Waals surface area contributed by atoms with Gasteiger partial charge in [0, 0.05) is 6.61 Å². The molecule has 0 heterocycles. The lowest BCUT2D eigenvalue weighted by Crippen LogP contribution is -2.19. The average molecular weight is 237 g/mol. The molecule has 0 aromatic heterocycles. The third kappa shape index (κ3) is 5.86. The summed E-state index contributed by atoms with van der Waals surface area (Å²) in [7, 11) is 0. The summed E-state index contributed by atoms with van der Waals surface area (Å²) in [5.74, 6) is 0.630. The van der Waals surface area contributed by atoms with E-state index in [0.717, 1.165) is 0 Å². The lowest BCUT2D eigenvalue weighted by molar-refractivity contribution is -0.134. The van der Waals surface area contributed by atoms with Crippen LogP contribution in [0.4, 0.5) is 0 Å². The third-order valence-electron chi connectivity index (χ3n) is 3.07. The molecule has 0 aliphatic heterocycles. The lowest BCUT2D eigenvalue weighted by Gasteiger charge is -2.19. The van der Waals surface area contributed by atoms with Gasteiger partial charge in [-0.2, -0.15) is 5.26 Å². The molecule has 0 N–H and O–H groups in total. The van der Waals surface area contributed by atoms with Crippen LogP contribution in [0.3, 0.4) is 0 Å². The number of nitriles is 1. The molecule has 1 aliphatic carbocycles. The van der Waals surface area contributed by atoms with Gasteiger partial charge in [0.2, 0.25) is 0 Å². The van der Waals surface area contributed by atoms with E-state index in [1.54, 1.807) is 0 Å². The summed E-state index contributed by atoms with van der Waals surface area (Å²) in [6.07, 6.45) is 9.68. The van der Waals surface area contributed by atoms with E-state index in [-0.39, 0.29) is 6.29 Å². The number of allylic oxidation sites excluding steroid dienone is 1. The first-order valence-electron chi connectivity index (χ1n) is 6.61. The van der Waals surface area contributed by atoms with Crippen LogP contribution in [-0.2, 0) is 9.47 Å². The maximum Gasteiger partial charge on any atom is 0.165 e. The maximum absolute atomic E-state index is 8.99. The fourth-order valence-corrected chi connectivity index (χ4v) is 2.18. The Bertz CT molecular complexity index is 264. The summed E-state index contributed by atoms with van der Waals surface area (Å²) in [4.78, 5) is 0. The van der Waals surface area contributed by atoms with Crippen molar-refractivity contribution in [3.63, 3.8) is 0 Å². The Morgan fingerprint density at radius 1 is 1.35 bits per heavy atom. The van der Waals surface area contributed by atoms with Gasteiger partial charge in [-0.05, 0) is 38.7 Å². The summed E-state index contributed by atoms with van der Waals surface area (Å²) in [6, 6.07) is 2.14. The summed E-state index contributed by atoms with van der Waals surface area (Å²) >= 11 is 0. The minimum Gasteiger partial charge on any atom is -0.353 e. The lowest BCUT2D eigenvalue weighted by atomic mass is 9.89. The van der Waals surface area contributed by atoms with Crippen molar-refractivity contribution < 1.29 is 9.47 Å². The molecule has 0 aromatic rings. The van der Waals surface area contributed by atoms with E-state index in [1.165, 1.54) is 32.1 Å². The fraction of sp³-hybridized carbons (Fsp3) is 0.786. The molecular weight excluding hydrogens is 214 g/mol. The standard InChI is InChI=1S/C14H23NO2/c1-3-16-12(2)17-14(11-15)10-9-13-7-5-4-6-8-13/h9-10,12-14H,3-8H2,1-2H3/b10-9+. The monoisotopic (exact) mass is 237 g/mol. The van der Waals surface area contributed by atoms with Gasteiger partial charge in [-0.3, -0.25) is 0 Å². The van der Waals surface area contributed by atoms with Crippen LogP contribution in [-0.4, -0.2) is 19.0 Å². The quantitative estimate of drug-likeness (QED) is 0.525. The van der Waals surface area contributed by atoms with E-state index >= 15 is 0 Å². The van der Waals surface area contributed by atoms with Crippen molar-refractivity contribution in [2.75, 3.05) is 6.61 Å². The van der Waals surface area contributed by atoms with E-state index in [4.69, 9.17) is 14.7 Å². The second-order valence-electron chi connectivity index (χ2n) is 4.49. The van der Waals surface area contributed by atoms with E-state index in [2.05, 4.69) is 12.1 Å². The van der Waals surface area contributed by atoms with E-state index in [0.29, 0.717) is 12.5 Å². The highest BCUT2D eigenvalue weighted by molar-refractivity contribution is 5.04. The van der Waals surface area contributed by atoms with Gasteiger partial charge in [0.05, 0.1) is 6.07 Å². The van der Waals surface area contributed by atoms with Crippen molar-refractivity contribution in [1.82, 2.24) is 0 Å². The molecule has 0 bridgehead atoms. The third-order valence-corrected chi connectivity index (χ3v) is 3.07. The molecule has 0 radical (unpaired) electrons. The summed E-state index contributed by atoms with van der Waals surface area (Å²) in [5, 5.41) is 8.99. The largest absolute Gasteiger partial charge is 0.353 e. The number of nitrogens with zero attached hydrogens (tertiary/aromatic N) is 1.